The van der Waals surface area contributed by atoms with Gasteiger partial charge in [0.25, 0.3) is 5.78 Å². The summed E-state index contributed by atoms with van der Waals surface area (Å²) in [5.74, 6) is -3.78. The smallest absolute Gasteiger partial charge is 0.407 e. The Kier molecular flexibility index (Phi) is 4.28. The van der Waals surface area contributed by atoms with E-state index in [4.69, 9.17) is 5.11 Å². The van der Waals surface area contributed by atoms with Gasteiger partial charge in [-0.1, -0.05) is 13.8 Å². The molecule has 1 atom stereocenters. The number of likely N-dealkylation sites (tertiary alicyclic amines) is 1. The number of hydrogen-bond donors (Lipinski definition) is 1. The van der Waals surface area contributed by atoms with Crippen LogP contribution in [0.15, 0.2) is 0 Å². The number of piperidine rings is 1. The average Bonchev–Trinajstić information content (AvgIpc) is 2.31. The lowest BCUT2D eigenvalue weighted by Crippen LogP contribution is -2.56. The monoisotopic (exact) mass is 271 g/mol. The van der Waals surface area contributed by atoms with Crippen molar-refractivity contribution in [2.45, 2.75) is 20.8 Å². The molecule has 1 rings (SSSR count). The van der Waals surface area contributed by atoms with Crippen LogP contribution in [0.3, 0.4) is 0 Å². The number of carbonyl (C=O) groups excluding carboxylic acids is 3. The van der Waals surface area contributed by atoms with Crippen molar-refractivity contribution in [3.05, 3.63) is 0 Å². The van der Waals surface area contributed by atoms with E-state index in [2.05, 4.69) is 4.74 Å². The van der Waals surface area contributed by atoms with E-state index < -0.39 is 35.0 Å². The van der Waals surface area contributed by atoms with Gasteiger partial charge in [-0.2, -0.15) is 0 Å². The molecule has 1 N–H and O–H groups in total. The first kappa shape index (κ1) is 15.1. The first-order chi connectivity index (χ1) is 8.70. The molecule has 1 fully saturated rings. The maximum Gasteiger partial charge on any atom is 0.407 e. The zero-order valence-corrected chi connectivity index (χ0v) is 11.1. The van der Waals surface area contributed by atoms with Crippen molar-refractivity contribution in [2.75, 3.05) is 19.7 Å². The van der Waals surface area contributed by atoms with Crippen molar-refractivity contribution < 1.29 is 29.0 Å². The van der Waals surface area contributed by atoms with Crippen LogP contribution in [0.25, 0.3) is 0 Å². The first-order valence-corrected chi connectivity index (χ1v) is 5.94. The second kappa shape index (κ2) is 5.38. The summed E-state index contributed by atoms with van der Waals surface area (Å²) in [6, 6.07) is 0. The third-order valence-corrected chi connectivity index (χ3v) is 3.04. The van der Waals surface area contributed by atoms with Crippen LogP contribution in [0, 0.1) is 11.3 Å². The Bertz CT molecular complexity index is 428. The molecule has 19 heavy (non-hydrogen) atoms. The van der Waals surface area contributed by atoms with Gasteiger partial charge in [-0.3, -0.25) is 9.59 Å². The van der Waals surface area contributed by atoms with Crippen molar-refractivity contribution in [2.24, 2.45) is 11.3 Å². The highest BCUT2D eigenvalue weighted by Gasteiger charge is 2.47. The minimum absolute atomic E-state index is 0.00771. The van der Waals surface area contributed by atoms with Crippen molar-refractivity contribution in [1.29, 1.82) is 0 Å². The minimum Gasteiger partial charge on any atom is -0.465 e. The summed E-state index contributed by atoms with van der Waals surface area (Å²) < 4.78 is 4.56. The first-order valence-electron chi connectivity index (χ1n) is 5.94. The van der Waals surface area contributed by atoms with E-state index in [1.54, 1.807) is 20.8 Å². The molecule has 0 aromatic heterocycles. The van der Waals surface area contributed by atoms with E-state index in [1.807, 2.05) is 0 Å². The van der Waals surface area contributed by atoms with Crippen LogP contribution in [0.1, 0.15) is 20.8 Å². The molecule has 0 spiro atoms. The molecule has 0 bridgehead atoms. The maximum absolute atomic E-state index is 12.1. The molecule has 0 aromatic rings. The van der Waals surface area contributed by atoms with E-state index in [9.17, 15) is 19.2 Å². The quantitative estimate of drug-likeness (QED) is 0.451. The van der Waals surface area contributed by atoms with Crippen molar-refractivity contribution >= 4 is 23.6 Å². The normalized spacial score (nSPS) is 21.9. The van der Waals surface area contributed by atoms with Crippen LogP contribution in [0.2, 0.25) is 0 Å². The highest BCUT2D eigenvalue weighted by molar-refractivity contribution is 6.38. The summed E-state index contributed by atoms with van der Waals surface area (Å²) in [6.07, 6.45) is -1.22. The Morgan fingerprint density at radius 1 is 1.42 bits per heavy atom. The molecule has 7 heteroatoms. The summed E-state index contributed by atoms with van der Waals surface area (Å²) in [7, 11) is 0. The number of esters is 1. The lowest BCUT2D eigenvalue weighted by molar-refractivity contribution is -0.159. The highest BCUT2D eigenvalue weighted by atomic mass is 16.5. The van der Waals surface area contributed by atoms with Crippen LogP contribution in [0.4, 0.5) is 4.79 Å². The van der Waals surface area contributed by atoms with Crippen LogP contribution in [-0.2, 0) is 19.1 Å². The van der Waals surface area contributed by atoms with Crippen molar-refractivity contribution in [1.82, 2.24) is 4.90 Å². The lowest BCUT2D eigenvalue weighted by Gasteiger charge is -2.38. The number of Topliss-reactive ketones (excluding diaryl/α,β-unsaturated/α-hetero) is 2. The Labute approximate surface area is 110 Å². The Morgan fingerprint density at radius 2 is 2.00 bits per heavy atom. The summed E-state index contributed by atoms with van der Waals surface area (Å²) in [5, 5.41) is 8.99. The fraction of sp³-hybridized carbons (Fsp3) is 0.667. The van der Waals surface area contributed by atoms with Crippen LogP contribution in [-0.4, -0.2) is 53.3 Å². The predicted molar refractivity (Wildman–Crippen MR) is 63.5 cm³/mol. The number of nitrogens with zero attached hydrogens (tertiary/aromatic N) is 1. The molecule has 7 nitrogen and oxygen atoms in total. The molecule has 0 radical (unpaired) electrons. The van der Waals surface area contributed by atoms with Gasteiger partial charge in [0.15, 0.2) is 5.78 Å². The number of carboxylic acid groups (broad SMARTS) is 1. The fourth-order valence-electron chi connectivity index (χ4n) is 2.09. The van der Waals surface area contributed by atoms with Gasteiger partial charge in [0.2, 0.25) is 0 Å². The topological polar surface area (TPSA) is 101 Å². The molecular formula is C12H17NO6. The second-order valence-electron chi connectivity index (χ2n) is 5.05. The van der Waals surface area contributed by atoms with Gasteiger partial charge >= 0.3 is 12.1 Å². The molecule has 106 valence electrons. The SMILES string of the molecule is CCOC(=O)C(=O)C1CN(C(=O)O)CC(C)(C)C1=O. The zero-order chi connectivity index (χ0) is 14.8. The second-order valence-corrected chi connectivity index (χ2v) is 5.05. The van der Waals surface area contributed by atoms with E-state index in [0.29, 0.717) is 0 Å². The molecule has 1 saturated heterocycles. The third kappa shape index (κ3) is 3.10. The molecule has 1 heterocycles. The Balaban J connectivity index is 2.97. The van der Waals surface area contributed by atoms with Crippen LogP contribution < -0.4 is 0 Å². The Hall–Kier alpha value is -1.92. The Morgan fingerprint density at radius 3 is 2.47 bits per heavy atom. The van der Waals surface area contributed by atoms with Gasteiger partial charge in [0.1, 0.15) is 5.92 Å². The summed E-state index contributed by atoms with van der Waals surface area (Å²) in [5.41, 5.74) is -0.997. The van der Waals surface area contributed by atoms with E-state index >= 15 is 0 Å². The molecule has 1 aliphatic heterocycles. The van der Waals surface area contributed by atoms with E-state index in [-0.39, 0.29) is 19.7 Å². The summed E-state index contributed by atoms with van der Waals surface area (Å²) in [4.78, 5) is 47.3. The van der Waals surface area contributed by atoms with Crippen LogP contribution in [0.5, 0.6) is 0 Å². The largest absolute Gasteiger partial charge is 0.465 e. The van der Waals surface area contributed by atoms with Gasteiger partial charge in [-0.15, -0.1) is 0 Å². The van der Waals surface area contributed by atoms with Gasteiger partial charge in [0, 0.05) is 18.5 Å². The maximum atomic E-state index is 12.1. The number of carbonyl (C=O) groups is 4. The van der Waals surface area contributed by atoms with E-state index in [0.717, 1.165) is 4.90 Å². The van der Waals surface area contributed by atoms with Gasteiger partial charge in [0.05, 0.1) is 6.61 Å². The summed E-state index contributed by atoms with van der Waals surface area (Å²) >= 11 is 0. The van der Waals surface area contributed by atoms with Gasteiger partial charge in [-0.05, 0) is 6.92 Å². The number of hydrogen-bond acceptors (Lipinski definition) is 5. The standard InChI is InChI=1S/C12H17NO6/c1-4-19-10(16)8(14)7-5-13(11(17)18)6-12(2,3)9(7)15/h7H,4-6H2,1-3H3,(H,17,18). The van der Waals surface area contributed by atoms with Crippen LogP contribution >= 0.6 is 0 Å². The number of amides is 1. The predicted octanol–water partition coefficient (Wildman–Crippen LogP) is 0.324. The average molecular weight is 271 g/mol. The summed E-state index contributed by atoms with van der Waals surface area (Å²) in [6.45, 7) is 4.38. The van der Waals surface area contributed by atoms with Crippen molar-refractivity contribution in [3.63, 3.8) is 0 Å². The van der Waals surface area contributed by atoms with E-state index in [1.165, 1.54) is 0 Å². The molecule has 0 aliphatic carbocycles. The van der Waals surface area contributed by atoms with Gasteiger partial charge < -0.3 is 14.7 Å². The highest BCUT2D eigenvalue weighted by Crippen LogP contribution is 2.29. The molecule has 0 aromatic carbocycles. The van der Waals surface area contributed by atoms with Gasteiger partial charge in [-0.25, -0.2) is 9.59 Å². The zero-order valence-electron chi connectivity index (χ0n) is 11.1. The number of ketones is 2. The molecular weight excluding hydrogens is 254 g/mol. The third-order valence-electron chi connectivity index (χ3n) is 3.04. The lowest BCUT2D eigenvalue weighted by atomic mass is 9.75. The molecule has 1 aliphatic rings. The fourth-order valence-corrected chi connectivity index (χ4v) is 2.09. The minimum atomic E-state index is -1.28. The molecule has 0 saturated carbocycles. The molecule has 1 amide bonds. The van der Waals surface area contributed by atoms with Crippen molar-refractivity contribution in [3.8, 4) is 0 Å². The number of ether oxygens (including phenoxy) is 1. The molecule has 1 unspecified atom stereocenters. The number of rotatable bonds is 3.